The molecule has 1 aliphatic rings. The Kier molecular flexibility index (Phi) is 5.74. The van der Waals surface area contributed by atoms with Crippen molar-refractivity contribution in [1.29, 1.82) is 0 Å². The Bertz CT molecular complexity index is 435. The van der Waals surface area contributed by atoms with Crippen LogP contribution in [0, 0.1) is 11.8 Å². The highest BCUT2D eigenvalue weighted by Crippen LogP contribution is 2.44. The number of methoxy groups -OCH3 is 1. The summed E-state index contributed by atoms with van der Waals surface area (Å²) in [6.07, 6.45) is 5.16. The predicted octanol–water partition coefficient (Wildman–Crippen LogP) is 4.48. The Balaban J connectivity index is 2.31. The van der Waals surface area contributed by atoms with Crippen LogP contribution in [-0.2, 0) is 0 Å². The van der Waals surface area contributed by atoms with Gasteiger partial charge in [-0.05, 0) is 68.0 Å². The Labute approximate surface area is 127 Å². The summed E-state index contributed by atoms with van der Waals surface area (Å²) in [5.41, 5.74) is 1.29. The number of nitrogens with one attached hydrogen (secondary N) is 1. The maximum atomic E-state index is 6.22. The van der Waals surface area contributed by atoms with Crippen molar-refractivity contribution in [3.8, 4) is 5.75 Å². The summed E-state index contributed by atoms with van der Waals surface area (Å²) in [5.74, 6) is 3.04. The minimum Gasteiger partial charge on any atom is -0.496 e. The predicted molar refractivity (Wildman–Crippen MR) is 85.8 cm³/mol. The molecule has 3 atom stereocenters. The average molecular weight is 296 g/mol. The third-order valence-electron chi connectivity index (χ3n) is 4.74. The zero-order chi connectivity index (χ0) is 14.5. The molecule has 1 N–H and O–H groups in total. The number of halogens is 1. The number of benzene rings is 1. The van der Waals surface area contributed by atoms with E-state index in [1.54, 1.807) is 7.11 Å². The van der Waals surface area contributed by atoms with Crippen LogP contribution in [0.25, 0.3) is 0 Å². The van der Waals surface area contributed by atoms with Crippen molar-refractivity contribution in [3.63, 3.8) is 0 Å². The maximum Gasteiger partial charge on any atom is 0.122 e. The molecule has 0 amide bonds. The summed E-state index contributed by atoms with van der Waals surface area (Å²) >= 11 is 6.22. The Morgan fingerprint density at radius 3 is 2.80 bits per heavy atom. The molecule has 0 saturated heterocycles. The van der Waals surface area contributed by atoms with Gasteiger partial charge in [0.25, 0.3) is 0 Å². The van der Waals surface area contributed by atoms with Crippen LogP contribution in [0.5, 0.6) is 5.75 Å². The second-order valence-corrected chi connectivity index (χ2v) is 6.33. The van der Waals surface area contributed by atoms with Crippen molar-refractivity contribution < 1.29 is 4.74 Å². The summed E-state index contributed by atoms with van der Waals surface area (Å²) in [6, 6.07) is 6.02. The highest BCUT2D eigenvalue weighted by Gasteiger charge is 2.32. The van der Waals surface area contributed by atoms with E-state index in [0.717, 1.165) is 23.2 Å². The van der Waals surface area contributed by atoms with Crippen LogP contribution in [0.4, 0.5) is 0 Å². The molecule has 1 aliphatic carbocycles. The molecule has 0 aromatic heterocycles. The highest BCUT2D eigenvalue weighted by molar-refractivity contribution is 6.30. The molecular formula is C17H26ClNO. The third-order valence-corrected chi connectivity index (χ3v) is 4.97. The van der Waals surface area contributed by atoms with Crippen LogP contribution in [0.2, 0.25) is 5.02 Å². The van der Waals surface area contributed by atoms with E-state index in [9.17, 15) is 0 Å². The van der Waals surface area contributed by atoms with Crippen LogP contribution in [0.15, 0.2) is 18.2 Å². The average Bonchev–Trinajstić information content (AvgIpc) is 2.48. The molecule has 2 rings (SSSR count). The van der Waals surface area contributed by atoms with E-state index in [4.69, 9.17) is 16.3 Å². The van der Waals surface area contributed by atoms with Crippen molar-refractivity contribution in [1.82, 2.24) is 5.32 Å². The molecule has 0 spiro atoms. The second kappa shape index (κ2) is 7.33. The minimum absolute atomic E-state index is 0.551. The molecule has 1 fully saturated rings. The first kappa shape index (κ1) is 15.7. The van der Waals surface area contributed by atoms with E-state index in [1.807, 2.05) is 19.2 Å². The molecule has 2 nitrogen and oxygen atoms in total. The smallest absolute Gasteiger partial charge is 0.122 e. The van der Waals surface area contributed by atoms with E-state index in [1.165, 1.54) is 31.2 Å². The number of rotatable bonds is 5. The van der Waals surface area contributed by atoms with Gasteiger partial charge in [-0.25, -0.2) is 0 Å². The van der Waals surface area contributed by atoms with Crippen LogP contribution in [0.3, 0.4) is 0 Å². The number of hydrogen-bond donors (Lipinski definition) is 1. The molecule has 0 heterocycles. The van der Waals surface area contributed by atoms with Gasteiger partial charge in [0.15, 0.2) is 0 Å². The lowest BCUT2D eigenvalue weighted by Gasteiger charge is -2.37. The van der Waals surface area contributed by atoms with Gasteiger partial charge < -0.3 is 10.1 Å². The first-order valence-electron chi connectivity index (χ1n) is 7.67. The molecule has 0 bridgehead atoms. The van der Waals surface area contributed by atoms with Crippen LogP contribution in [0.1, 0.15) is 44.1 Å². The molecular weight excluding hydrogens is 270 g/mol. The zero-order valence-corrected chi connectivity index (χ0v) is 13.5. The highest BCUT2D eigenvalue weighted by atomic mass is 35.5. The molecule has 0 radical (unpaired) electrons. The lowest BCUT2D eigenvalue weighted by atomic mass is 9.70. The standard InChI is InChI=1S/C17H26ClNO/c1-4-12-5-6-13(11-19-2)15(9-12)16-10-14(18)7-8-17(16)20-3/h7-8,10,12-13,15,19H,4-6,9,11H2,1-3H3. The summed E-state index contributed by atoms with van der Waals surface area (Å²) in [7, 11) is 3.79. The fourth-order valence-corrected chi connectivity index (χ4v) is 3.75. The molecule has 3 heteroatoms. The Morgan fingerprint density at radius 2 is 2.15 bits per heavy atom. The summed E-state index contributed by atoms with van der Waals surface area (Å²) < 4.78 is 5.57. The Morgan fingerprint density at radius 1 is 1.35 bits per heavy atom. The van der Waals surface area contributed by atoms with Gasteiger partial charge in [0, 0.05) is 5.02 Å². The van der Waals surface area contributed by atoms with Gasteiger partial charge in [-0.2, -0.15) is 0 Å². The van der Waals surface area contributed by atoms with E-state index in [-0.39, 0.29) is 0 Å². The zero-order valence-electron chi connectivity index (χ0n) is 12.8. The lowest BCUT2D eigenvalue weighted by Crippen LogP contribution is -2.30. The first-order chi connectivity index (χ1) is 9.69. The van der Waals surface area contributed by atoms with Crippen molar-refractivity contribution in [2.75, 3.05) is 20.7 Å². The lowest BCUT2D eigenvalue weighted by molar-refractivity contribution is 0.224. The van der Waals surface area contributed by atoms with Crippen molar-refractivity contribution in [2.24, 2.45) is 11.8 Å². The van der Waals surface area contributed by atoms with Gasteiger partial charge in [-0.15, -0.1) is 0 Å². The molecule has 0 aliphatic heterocycles. The topological polar surface area (TPSA) is 21.3 Å². The SMILES string of the molecule is CCC1CCC(CNC)C(c2cc(Cl)ccc2OC)C1. The molecule has 3 unspecified atom stereocenters. The van der Waals surface area contributed by atoms with Gasteiger partial charge in [0.05, 0.1) is 7.11 Å². The first-order valence-corrected chi connectivity index (χ1v) is 8.05. The van der Waals surface area contributed by atoms with Crippen LogP contribution >= 0.6 is 11.6 Å². The van der Waals surface area contributed by atoms with Gasteiger partial charge >= 0.3 is 0 Å². The molecule has 1 aromatic rings. The van der Waals surface area contributed by atoms with Crippen molar-refractivity contribution in [3.05, 3.63) is 28.8 Å². The van der Waals surface area contributed by atoms with E-state index < -0.39 is 0 Å². The fraction of sp³-hybridized carbons (Fsp3) is 0.647. The van der Waals surface area contributed by atoms with Crippen LogP contribution < -0.4 is 10.1 Å². The van der Waals surface area contributed by atoms with Crippen molar-refractivity contribution in [2.45, 2.75) is 38.5 Å². The molecule has 1 saturated carbocycles. The van der Waals surface area contributed by atoms with Gasteiger partial charge in [0.1, 0.15) is 5.75 Å². The molecule has 20 heavy (non-hydrogen) atoms. The molecule has 1 aromatic carbocycles. The van der Waals surface area contributed by atoms with E-state index in [2.05, 4.69) is 18.3 Å². The number of ether oxygens (including phenoxy) is 1. The van der Waals surface area contributed by atoms with E-state index in [0.29, 0.717) is 11.8 Å². The molecule has 112 valence electrons. The summed E-state index contributed by atoms with van der Waals surface area (Å²) in [4.78, 5) is 0. The van der Waals surface area contributed by atoms with Crippen molar-refractivity contribution >= 4 is 11.6 Å². The van der Waals surface area contributed by atoms with Gasteiger partial charge in [-0.1, -0.05) is 31.4 Å². The summed E-state index contributed by atoms with van der Waals surface area (Å²) in [6.45, 7) is 3.37. The van der Waals surface area contributed by atoms with Gasteiger partial charge in [-0.3, -0.25) is 0 Å². The maximum absolute atomic E-state index is 6.22. The largest absolute Gasteiger partial charge is 0.496 e. The van der Waals surface area contributed by atoms with Crippen LogP contribution in [-0.4, -0.2) is 20.7 Å². The quantitative estimate of drug-likeness (QED) is 0.865. The van der Waals surface area contributed by atoms with Gasteiger partial charge in [0.2, 0.25) is 0 Å². The third kappa shape index (κ3) is 3.48. The minimum atomic E-state index is 0.551. The van der Waals surface area contributed by atoms with E-state index >= 15 is 0 Å². The second-order valence-electron chi connectivity index (χ2n) is 5.90. The number of hydrogen-bond acceptors (Lipinski definition) is 2. The Hall–Kier alpha value is -0.730. The summed E-state index contributed by atoms with van der Waals surface area (Å²) in [5, 5.41) is 4.16. The normalized spacial score (nSPS) is 26.5. The monoisotopic (exact) mass is 295 g/mol. The fourth-order valence-electron chi connectivity index (χ4n) is 3.57.